The van der Waals surface area contributed by atoms with Crippen LogP contribution in [-0.2, 0) is 6.54 Å². The molecule has 0 radical (unpaired) electrons. The molecule has 160 valence electrons. The second-order valence-electron chi connectivity index (χ2n) is 7.57. The van der Waals surface area contributed by atoms with Crippen LogP contribution in [-0.4, -0.2) is 49.8 Å². The van der Waals surface area contributed by atoms with Crippen molar-refractivity contribution >= 4 is 5.91 Å². The standard InChI is InChI=1S/C24H21N5O3/c1-32-19-4-2-3-15(5-19)23(13-30)29-12-22-20(18-8-25-14-26-9-18)6-16(7-21(22)24(29)31)17-10-27-28-11-17/h2-11,14,23,30H,12-13H2,1H3,(H,27,28). The molecular formula is C24H21N5O3. The van der Waals surface area contributed by atoms with Crippen molar-refractivity contribution < 1.29 is 14.6 Å². The Morgan fingerprint density at radius 2 is 1.91 bits per heavy atom. The molecule has 1 unspecified atom stereocenters. The molecule has 5 rings (SSSR count). The van der Waals surface area contributed by atoms with Crippen molar-refractivity contribution in [1.29, 1.82) is 0 Å². The minimum Gasteiger partial charge on any atom is -0.497 e. The zero-order valence-electron chi connectivity index (χ0n) is 17.4. The largest absolute Gasteiger partial charge is 0.497 e. The van der Waals surface area contributed by atoms with Gasteiger partial charge in [-0.2, -0.15) is 5.10 Å². The first kappa shape index (κ1) is 19.9. The van der Waals surface area contributed by atoms with Crippen LogP contribution in [0.15, 0.2) is 67.5 Å². The first-order valence-corrected chi connectivity index (χ1v) is 10.2. The van der Waals surface area contributed by atoms with Gasteiger partial charge in [0, 0.05) is 41.8 Å². The number of hydrogen-bond acceptors (Lipinski definition) is 6. The molecule has 1 aliphatic rings. The molecule has 0 spiro atoms. The smallest absolute Gasteiger partial charge is 0.255 e. The Morgan fingerprint density at radius 3 is 2.62 bits per heavy atom. The molecule has 2 N–H and O–H groups in total. The Hall–Kier alpha value is -4.04. The fourth-order valence-electron chi connectivity index (χ4n) is 4.19. The lowest BCUT2D eigenvalue weighted by Crippen LogP contribution is -2.31. The van der Waals surface area contributed by atoms with E-state index in [2.05, 4.69) is 20.2 Å². The molecule has 0 bridgehead atoms. The van der Waals surface area contributed by atoms with E-state index < -0.39 is 6.04 Å². The number of carbonyl (C=O) groups is 1. The number of aliphatic hydroxyl groups excluding tert-OH is 1. The van der Waals surface area contributed by atoms with Gasteiger partial charge >= 0.3 is 0 Å². The predicted molar refractivity (Wildman–Crippen MR) is 118 cm³/mol. The van der Waals surface area contributed by atoms with E-state index in [1.807, 2.05) is 36.4 Å². The van der Waals surface area contributed by atoms with Crippen molar-refractivity contribution in [3.8, 4) is 28.0 Å². The van der Waals surface area contributed by atoms with E-state index in [0.717, 1.165) is 33.4 Å². The molecule has 0 fully saturated rings. The second-order valence-corrected chi connectivity index (χ2v) is 7.57. The molecule has 8 nitrogen and oxygen atoms in total. The van der Waals surface area contributed by atoms with Gasteiger partial charge in [0.1, 0.15) is 12.1 Å². The third-order valence-corrected chi connectivity index (χ3v) is 5.80. The van der Waals surface area contributed by atoms with E-state index in [1.165, 1.54) is 6.33 Å². The third kappa shape index (κ3) is 3.40. The maximum atomic E-state index is 13.6. The highest BCUT2D eigenvalue weighted by molar-refractivity contribution is 6.02. The molecule has 2 aromatic carbocycles. The molecule has 1 atom stereocenters. The number of amides is 1. The average Bonchev–Trinajstić information content (AvgIpc) is 3.49. The van der Waals surface area contributed by atoms with E-state index in [0.29, 0.717) is 17.9 Å². The molecule has 1 amide bonds. The van der Waals surface area contributed by atoms with E-state index >= 15 is 0 Å². The van der Waals surface area contributed by atoms with Crippen LogP contribution in [0.25, 0.3) is 22.3 Å². The number of H-pyrrole nitrogens is 1. The van der Waals surface area contributed by atoms with Gasteiger partial charge in [0.2, 0.25) is 0 Å². The molecular weight excluding hydrogens is 406 g/mol. The normalized spacial score (nSPS) is 13.8. The number of hydrogen-bond donors (Lipinski definition) is 2. The molecule has 2 aromatic heterocycles. The quantitative estimate of drug-likeness (QED) is 0.490. The van der Waals surface area contributed by atoms with Crippen LogP contribution >= 0.6 is 0 Å². The maximum absolute atomic E-state index is 13.6. The first-order chi connectivity index (χ1) is 15.7. The number of nitrogens with zero attached hydrogens (tertiary/aromatic N) is 4. The van der Waals surface area contributed by atoms with E-state index in [1.54, 1.807) is 36.8 Å². The molecule has 0 saturated carbocycles. The summed E-state index contributed by atoms with van der Waals surface area (Å²) in [6.45, 7) is 0.164. The molecule has 3 heterocycles. The summed E-state index contributed by atoms with van der Waals surface area (Å²) in [5, 5.41) is 17.1. The van der Waals surface area contributed by atoms with Crippen LogP contribution in [0, 0.1) is 0 Å². The number of fused-ring (bicyclic) bond motifs is 1. The van der Waals surface area contributed by atoms with Crippen LogP contribution in [0.3, 0.4) is 0 Å². The van der Waals surface area contributed by atoms with E-state index in [-0.39, 0.29) is 12.5 Å². The Labute approximate surface area is 184 Å². The van der Waals surface area contributed by atoms with Crippen molar-refractivity contribution in [1.82, 2.24) is 25.1 Å². The van der Waals surface area contributed by atoms with Gasteiger partial charge < -0.3 is 14.7 Å². The lowest BCUT2D eigenvalue weighted by atomic mass is 9.94. The summed E-state index contributed by atoms with van der Waals surface area (Å²) in [6, 6.07) is 10.8. The van der Waals surface area contributed by atoms with Crippen LogP contribution in [0.2, 0.25) is 0 Å². The summed E-state index contributed by atoms with van der Waals surface area (Å²) in [5.41, 5.74) is 5.76. The van der Waals surface area contributed by atoms with Crippen LogP contribution in [0.1, 0.15) is 27.5 Å². The van der Waals surface area contributed by atoms with Gasteiger partial charge in [0.15, 0.2) is 0 Å². The zero-order chi connectivity index (χ0) is 22.1. The lowest BCUT2D eigenvalue weighted by Gasteiger charge is -2.27. The Kier molecular flexibility index (Phi) is 5.12. The predicted octanol–water partition coefficient (Wildman–Crippen LogP) is 3.23. The molecule has 0 saturated heterocycles. The summed E-state index contributed by atoms with van der Waals surface area (Å²) in [6.07, 6.45) is 8.46. The molecule has 4 aromatic rings. The third-order valence-electron chi connectivity index (χ3n) is 5.80. The van der Waals surface area contributed by atoms with Crippen molar-refractivity contribution in [2.45, 2.75) is 12.6 Å². The van der Waals surface area contributed by atoms with Gasteiger partial charge in [-0.25, -0.2) is 9.97 Å². The van der Waals surface area contributed by atoms with Gasteiger partial charge in [-0.3, -0.25) is 9.89 Å². The number of aromatic amines is 1. The monoisotopic (exact) mass is 427 g/mol. The second kappa shape index (κ2) is 8.24. The van der Waals surface area contributed by atoms with Gasteiger partial charge in [0.25, 0.3) is 5.91 Å². The minimum absolute atomic E-state index is 0.134. The maximum Gasteiger partial charge on any atom is 0.255 e. The van der Waals surface area contributed by atoms with E-state index in [4.69, 9.17) is 4.74 Å². The highest BCUT2D eigenvalue weighted by Crippen LogP contribution is 2.39. The highest BCUT2D eigenvalue weighted by atomic mass is 16.5. The SMILES string of the molecule is COc1cccc(C(CO)N2Cc3c(cc(-c4cn[nH]c4)cc3-c3cncnc3)C2=O)c1. The van der Waals surface area contributed by atoms with Crippen molar-refractivity contribution in [3.05, 3.63) is 84.2 Å². The summed E-state index contributed by atoms with van der Waals surface area (Å²) in [7, 11) is 1.59. The van der Waals surface area contributed by atoms with E-state index in [9.17, 15) is 9.90 Å². The summed E-state index contributed by atoms with van der Waals surface area (Å²) >= 11 is 0. The van der Waals surface area contributed by atoms with Gasteiger partial charge in [0.05, 0.1) is 26.0 Å². The Morgan fingerprint density at radius 1 is 1.09 bits per heavy atom. The number of aromatic nitrogens is 4. The topological polar surface area (TPSA) is 104 Å². The van der Waals surface area contributed by atoms with Crippen LogP contribution in [0.4, 0.5) is 0 Å². The van der Waals surface area contributed by atoms with Crippen molar-refractivity contribution in [2.75, 3.05) is 13.7 Å². The van der Waals surface area contributed by atoms with Crippen molar-refractivity contribution in [2.24, 2.45) is 0 Å². The number of ether oxygens (including phenoxy) is 1. The molecule has 32 heavy (non-hydrogen) atoms. The van der Waals surface area contributed by atoms with Gasteiger partial charge in [-0.05, 0) is 46.5 Å². The number of carbonyl (C=O) groups excluding carboxylic acids is 1. The molecule has 0 aliphatic carbocycles. The van der Waals surface area contributed by atoms with Crippen molar-refractivity contribution in [3.63, 3.8) is 0 Å². The Bertz CT molecular complexity index is 1260. The van der Waals surface area contributed by atoms with Crippen LogP contribution < -0.4 is 4.74 Å². The van der Waals surface area contributed by atoms with Gasteiger partial charge in [-0.15, -0.1) is 0 Å². The summed E-state index contributed by atoms with van der Waals surface area (Å²) in [4.78, 5) is 23.6. The highest BCUT2D eigenvalue weighted by Gasteiger charge is 2.35. The zero-order valence-corrected chi connectivity index (χ0v) is 17.4. The molecule has 8 heteroatoms. The summed E-state index contributed by atoms with van der Waals surface area (Å²) < 4.78 is 5.33. The minimum atomic E-state index is -0.498. The molecule has 1 aliphatic heterocycles. The Balaban J connectivity index is 1.61. The number of methoxy groups -OCH3 is 1. The number of nitrogens with one attached hydrogen (secondary N) is 1. The number of rotatable bonds is 6. The fraction of sp³-hybridized carbons (Fsp3) is 0.167. The lowest BCUT2D eigenvalue weighted by molar-refractivity contribution is 0.0615. The summed E-state index contributed by atoms with van der Waals surface area (Å²) in [5.74, 6) is 0.541. The average molecular weight is 427 g/mol. The number of benzene rings is 2. The van der Waals surface area contributed by atoms with Gasteiger partial charge in [-0.1, -0.05) is 12.1 Å². The number of aliphatic hydroxyl groups is 1. The van der Waals surface area contributed by atoms with Crippen LogP contribution in [0.5, 0.6) is 5.75 Å². The first-order valence-electron chi connectivity index (χ1n) is 10.2. The fourth-order valence-corrected chi connectivity index (χ4v) is 4.19.